The maximum atomic E-state index is 9.26. The first-order valence-corrected chi connectivity index (χ1v) is 18.4. The van der Waals surface area contributed by atoms with Crippen molar-refractivity contribution < 1.29 is 17.8 Å². The van der Waals surface area contributed by atoms with Crippen LogP contribution < -0.4 is 0 Å². The number of benzene rings is 11. The van der Waals surface area contributed by atoms with E-state index in [0.29, 0.717) is 5.56 Å². The molecule has 0 radical (unpaired) electrons. The monoisotopic (exact) mass is 721 g/mol. The third-order valence-corrected chi connectivity index (χ3v) is 10.8. The molecule has 56 heavy (non-hydrogen) atoms. The molecule has 0 fully saturated rings. The van der Waals surface area contributed by atoms with Gasteiger partial charge in [0.1, 0.15) is 0 Å². The van der Waals surface area contributed by atoms with Gasteiger partial charge in [-0.15, -0.1) is 0 Å². The Morgan fingerprint density at radius 1 is 0.232 bits per heavy atom. The SMILES string of the molecule is [2H]c1c([2H])c([2H])c(-c2c3c([2H])c([2H])c([2H])c([2H])c3c(-c3ccc(-c4ccc5cc(-c6c7ccccc7c(-c7ccccc7)c7ccccc67)ccc5c4)cc3)c3c([2H])c([2H])c([2H])c([2H])c23)c([2H])c1[2H]. The van der Waals surface area contributed by atoms with Crippen molar-refractivity contribution in [3.8, 4) is 55.6 Å². The van der Waals surface area contributed by atoms with Crippen LogP contribution in [0.25, 0.3) is 109 Å². The molecule has 0 aliphatic heterocycles. The molecule has 0 saturated carbocycles. The van der Waals surface area contributed by atoms with Crippen molar-refractivity contribution in [3.05, 3.63) is 218 Å². The van der Waals surface area contributed by atoms with Gasteiger partial charge >= 0.3 is 0 Å². The summed E-state index contributed by atoms with van der Waals surface area (Å²) >= 11 is 0. The van der Waals surface area contributed by atoms with Crippen molar-refractivity contribution >= 4 is 53.9 Å². The summed E-state index contributed by atoms with van der Waals surface area (Å²) in [6, 6.07) is 39.1. The Hall–Kier alpha value is -7.28. The first-order valence-electron chi connectivity index (χ1n) is 24.9. The van der Waals surface area contributed by atoms with Gasteiger partial charge in [0.15, 0.2) is 0 Å². The van der Waals surface area contributed by atoms with Gasteiger partial charge in [-0.25, -0.2) is 0 Å². The number of rotatable bonds is 5. The minimum atomic E-state index is -0.709. The molecule has 0 atom stereocenters. The lowest BCUT2D eigenvalue weighted by Gasteiger charge is -2.18. The molecule has 0 aliphatic carbocycles. The third-order valence-electron chi connectivity index (χ3n) is 10.8. The van der Waals surface area contributed by atoms with Crippen molar-refractivity contribution in [1.29, 1.82) is 0 Å². The zero-order valence-electron chi connectivity index (χ0n) is 42.8. The molecule has 11 aromatic rings. The average molecular weight is 722 g/mol. The molecule has 0 nitrogen and oxygen atoms in total. The van der Waals surface area contributed by atoms with Crippen molar-refractivity contribution in [2.45, 2.75) is 0 Å². The normalized spacial score (nSPS) is 14.8. The lowest BCUT2D eigenvalue weighted by atomic mass is 9.85. The lowest BCUT2D eigenvalue weighted by Crippen LogP contribution is -1.91. The summed E-state index contributed by atoms with van der Waals surface area (Å²) in [4.78, 5) is 0. The van der Waals surface area contributed by atoms with E-state index in [0.717, 1.165) is 49.4 Å². The Morgan fingerprint density at radius 2 is 0.589 bits per heavy atom. The second kappa shape index (κ2) is 13.2. The molecule has 260 valence electrons. The van der Waals surface area contributed by atoms with Gasteiger partial charge in [0.05, 0.1) is 17.8 Å². The van der Waals surface area contributed by atoms with Crippen LogP contribution in [0.5, 0.6) is 0 Å². The maximum Gasteiger partial charge on any atom is 0.0629 e. The molecule has 0 unspecified atom stereocenters. The Bertz CT molecular complexity index is 3870. The summed E-state index contributed by atoms with van der Waals surface area (Å²) < 4.78 is 115. The number of hydrogen-bond acceptors (Lipinski definition) is 0. The molecule has 0 aliphatic rings. The van der Waals surface area contributed by atoms with E-state index in [1.165, 1.54) is 16.3 Å². The predicted octanol–water partition coefficient (Wildman–Crippen LogP) is 15.8. The van der Waals surface area contributed by atoms with E-state index < -0.39 is 84.1 Å². The van der Waals surface area contributed by atoms with Crippen molar-refractivity contribution in [2.75, 3.05) is 0 Å². The molecule has 0 bridgehead atoms. The van der Waals surface area contributed by atoms with Crippen LogP contribution in [0.2, 0.25) is 0 Å². The highest BCUT2D eigenvalue weighted by Crippen LogP contribution is 2.46. The van der Waals surface area contributed by atoms with Gasteiger partial charge in [-0.1, -0.05) is 206 Å². The van der Waals surface area contributed by atoms with Gasteiger partial charge in [0.2, 0.25) is 0 Å². The zero-order valence-corrected chi connectivity index (χ0v) is 29.8. The fourth-order valence-electron chi connectivity index (χ4n) is 8.30. The van der Waals surface area contributed by atoms with E-state index in [2.05, 4.69) is 103 Å². The first-order chi connectivity index (χ1) is 33.2. The van der Waals surface area contributed by atoms with E-state index >= 15 is 0 Å². The van der Waals surface area contributed by atoms with Gasteiger partial charge in [0, 0.05) is 0 Å². The van der Waals surface area contributed by atoms with Crippen LogP contribution in [0.4, 0.5) is 0 Å². The fourth-order valence-corrected chi connectivity index (χ4v) is 8.30. The minimum absolute atomic E-state index is 0.0876. The van der Waals surface area contributed by atoms with Crippen LogP contribution >= 0.6 is 0 Å². The van der Waals surface area contributed by atoms with Crippen LogP contribution in [0.1, 0.15) is 17.8 Å². The van der Waals surface area contributed by atoms with Crippen molar-refractivity contribution in [3.63, 3.8) is 0 Å². The Kier molecular flexibility index (Phi) is 5.10. The predicted molar refractivity (Wildman–Crippen MR) is 241 cm³/mol. The molecule has 11 rings (SSSR count). The van der Waals surface area contributed by atoms with Crippen LogP contribution in [0.3, 0.4) is 0 Å². The smallest absolute Gasteiger partial charge is 0.0622 e. The van der Waals surface area contributed by atoms with Crippen LogP contribution in [0, 0.1) is 0 Å². The molecule has 0 aromatic heterocycles. The summed E-state index contributed by atoms with van der Waals surface area (Å²) in [6.07, 6.45) is 0. The van der Waals surface area contributed by atoms with E-state index in [4.69, 9.17) is 12.3 Å². The average Bonchev–Trinajstić information content (AvgIpc) is 3.38. The van der Waals surface area contributed by atoms with Crippen LogP contribution in [-0.4, -0.2) is 0 Å². The zero-order chi connectivity index (χ0) is 48.3. The Labute approximate surface area is 344 Å². The Balaban J connectivity index is 1.09. The van der Waals surface area contributed by atoms with Gasteiger partial charge < -0.3 is 0 Å². The van der Waals surface area contributed by atoms with Crippen LogP contribution in [0.15, 0.2) is 218 Å². The molecule has 0 heterocycles. The standard InChI is InChI=1S/C56H36/c1-3-15-38(16-4-1)53-45-19-7-9-21-47(45)55(48-22-10-8-20-46(48)53)40-29-27-37(28-30-40)41-31-32-43-36-44(34-33-42(43)35-41)56-51-25-13-11-23-49(51)54(39-17-5-2-6-18-39)50-24-12-14-26-52(50)56/h1-36H/i1D,3D,4D,7D,8D,9D,10D,15D,16D,19D,20D,21D,22D. The highest BCUT2D eigenvalue weighted by Gasteiger charge is 2.18. The molecule has 0 spiro atoms. The molecule has 11 aromatic carbocycles. The summed E-state index contributed by atoms with van der Waals surface area (Å²) in [5.74, 6) is 0. The van der Waals surface area contributed by atoms with E-state index in [1.54, 1.807) is 12.1 Å². The minimum Gasteiger partial charge on any atom is -0.0622 e. The molecule has 0 heteroatoms. The summed E-state index contributed by atoms with van der Waals surface area (Å²) in [5, 5.41) is 5.97. The molecular formula is C56H36. The maximum absolute atomic E-state index is 9.26. The highest BCUT2D eigenvalue weighted by atomic mass is 14.2. The van der Waals surface area contributed by atoms with Crippen LogP contribution in [-0.2, 0) is 0 Å². The van der Waals surface area contributed by atoms with Crippen molar-refractivity contribution in [1.82, 2.24) is 0 Å². The largest absolute Gasteiger partial charge is 0.0629 e. The first kappa shape index (κ1) is 21.6. The van der Waals surface area contributed by atoms with E-state index in [9.17, 15) is 5.48 Å². The quantitative estimate of drug-likeness (QED) is 0.155. The summed E-state index contributed by atoms with van der Waals surface area (Å²) in [6.45, 7) is 0. The highest BCUT2D eigenvalue weighted by molar-refractivity contribution is 6.23. The van der Waals surface area contributed by atoms with E-state index in [-0.39, 0.29) is 32.7 Å². The van der Waals surface area contributed by atoms with Gasteiger partial charge in [-0.3, -0.25) is 0 Å². The molecule has 0 saturated heterocycles. The summed E-state index contributed by atoms with van der Waals surface area (Å²) in [5.41, 5.74) is 6.00. The molecule has 0 amide bonds. The number of hydrogen-bond donors (Lipinski definition) is 0. The van der Waals surface area contributed by atoms with E-state index in [1.807, 2.05) is 24.3 Å². The second-order valence-electron chi connectivity index (χ2n) is 13.8. The molecular weight excluding hydrogens is 673 g/mol. The fraction of sp³-hybridized carbons (Fsp3) is 0. The molecule has 0 N–H and O–H groups in total. The summed E-state index contributed by atoms with van der Waals surface area (Å²) in [7, 11) is 0. The number of fused-ring (bicyclic) bond motifs is 5. The second-order valence-corrected chi connectivity index (χ2v) is 13.8. The van der Waals surface area contributed by atoms with Gasteiger partial charge in [-0.05, 0) is 122 Å². The lowest BCUT2D eigenvalue weighted by molar-refractivity contribution is 1.62. The third kappa shape index (κ3) is 5.22. The topological polar surface area (TPSA) is 0 Å². The van der Waals surface area contributed by atoms with Crippen molar-refractivity contribution in [2.24, 2.45) is 0 Å². The van der Waals surface area contributed by atoms with Gasteiger partial charge in [0.25, 0.3) is 0 Å². The van der Waals surface area contributed by atoms with Gasteiger partial charge in [-0.2, -0.15) is 0 Å². The Morgan fingerprint density at radius 3 is 1.12 bits per heavy atom.